The average molecular weight is 270 g/mol. The molecule has 2 atom stereocenters. The normalized spacial score (nSPS) is 21.1. The van der Waals surface area contributed by atoms with Crippen molar-refractivity contribution in [1.29, 1.82) is 0 Å². The standard InChI is InChI=1S/C17H22N2O/c1-13-4-5-15(11-13)12-19-17(20)16-8-6-14(7-9-16)3-2-10-18/h6-9,13,15H,4-5,10-12,18H2,1H3,(H,19,20). The van der Waals surface area contributed by atoms with Gasteiger partial charge in [-0.05, 0) is 48.9 Å². The quantitative estimate of drug-likeness (QED) is 0.827. The number of carbonyl (C=O) groups excluding carboxylic acids is 1. The zero-order valence-electron chi connectivity index (χ0n) is 12.0. The third kappa shape index (κ3) is 4.11. The van der Waals surface area contributed by atoms with Crippen molar-refractivity contribution in [3.63, 3.8) is 0 Å². The summed E-state index contributed by atoms with van der Waals surface area (Å²) in [6, 6.07) is 7.34. The van der Waals surface area contributed by atoms with Crippen LogP contribution in [0.2, 0.25) is 0 Å². The molecule has 1 saturated carbocycles. The molecule has 3 nitrogen and oxygen atoms in total. The fourth-order valence-electron chi connectivity index (χ4n) is 2.71. The van der Waals surface area contributed by atoms with Crippen molar-refractivity contribution in [2.45, 2.75) is 26.2 Å². The van der Waals surface area contributed by atoms with Crippen LogP contribution in [0.25, 0.3) is 0 Å². The van der Waals surface area contributed by atoms with E-state index in [2.05, 4.69) is 24.1 Å². The van der Waals surface area contributed by atoms with Gasteiger partial charge in [0.15, 0.2) is 0 Å². The molecular weight excluding hydrogens is 248 g/mol. The summed E-state index contributed by atoms with van der Waals surface area (Å²) in [7, 11) is 0. The van der Waals surface area contributed by atoms with Crippen LogP contribution in [0.15, 0.2) is 24.3 Å². The van der Waals surface area contributed by atoms with Crippen molar-refractivity contribution in [3.05, 3.63) is 35.4 Å². The fraction of sp³-hybridized carbons (Fsp3) is 0.471. The summed E-state index contributed by atoms with van der Waals surface area (Å²) in [5, 5.41) is 3.03. The summed E-state index contributed by atoms with van der Waals surface area (Å²) < 4.78 is 0. The Morgan fingerprint density at radius 1 is 1.35 bits per heavy atom. The van der Waals surface area contributed by atoms with E-state index < -0.39 is 0 Å². The molecule has 0 radical (unpaired) electrons. The van der Waals surface area contributed by atoms with Crippen LogP contribution >= 0.6 is 0 Å². The molecule has 0 heterocycles. The predicted molar refractivity (Wildman–Crippen MR) is 81.2 cm³/mol. The van der Waals surface area contributed by atoms with Crippen LogP contribution in [0.5, 0.6) is 0 Å². The zero-order chi connectivity index (χ0) is 14.4. The molecule has 0 aromatic heterocycles. The van der Waals surface area contributed by atoms with Crippen molar-refractivity contribution in [2.75, 3.05) is 13.1 Å². The Hall–Kier alpha value is -1.79. The molecule has 0 spiro atoms. The highest BCUT2D eigenvalue weighted by Crippen LogP contribution is 2.29. The minimum atomic E-state index is 0.00267. The van der Waals surface area contributed by atoms with E-state index in [1.54, 1.807) is 0 Å². The number of hydrogen-bond donors (Lipinski definition) is 2. The van der Waals surface area contributed by atoms with Crippen molar-refractivity contribution >= 4 is 5.91 Å². The van der Waals surface area contributed by atoms with Gasteiger partial charge in [0, 0.05) is 17.7 Å². The highest BCUT2D eigenvalue weighted by Gasteiger charge is 2.21. The first kappa shape index (κ1) is 14.6. The summed E-state index contributed by atoms with van der Waals surface area (Å²) in [6.45, 7) is 3.42. The number of rotatable bonds is 3. The van der Waals surface area contributed by atoms with Crippen molar-refractivity contribution in [2.24, 2.45) is 17.6 Å². The summed E-state index contributed by atoms with van der Waals surface area (Å²) >= 11 is 0. The van der Waals surface area contributed by atoms with E-state index in [0.29, 0.717) is 18.0 Å². The van der Waals surface area contributed by atoms with Crippen molar-refractivity contribution < 1.29 is 4.79 Å². The van der Waals surface area contributed by atoms with Gasteiger partial charge in [-0.2, -0.15) is 0 Å². The Kier molecular flexibility index (Phi) is 5.20. The molecule has 1 aliphatic carbocycles. The largest absolute Gasteiger partial charge is 0.352 e. The van der Waals surface area contributed by atoms with Gasteiger partial charge in [-0.15, -0.1) is 0 Å². The number of nitrogens with two attached hydrogens (primary N) is 1. The van der Waals surface area contributed by atoms with Crippen LogP contribution in [0.3, 0.4) is 0 Å². The van der Waals surface area contributed by atoms with Gasteiger partial charge in [0.05, 0.1) is 6.54 Å². The fourth-order valence-corrected chi connectivity index (χ4v) is 2.71. The first-order chi connectivity index (χ1) is 9.69. The lowest BCUT2D eigenvalue weighted by molar-refractivity contribution is 0.0947. The summed E-state index contributed by atoms with van der Waals surface area (Å²) in [5.74, 6) is 7.19. The van der Waals surface area contributed by atoms with Gasteiger partial charge in [0.25, 0.3) is 5.91 Å². The lowest BCUT2D eigenvalue weighted by Gasteiger charge is -2.11. The molecule has 20 heavy (non-hydrogen) atoms. The van der Waals surface area contributed by atoms with Crippen LogP contribution in [0.4, 0.5) is 0 Å². The molecule has 3 heteroatoms. The van der Waals surface area contributed by atoms with E-state index in [1.807, 2.05) is 24.3 Å². The summed E-state index contributed by atoms with van der Waals surface area (Å²) in [5.41, 5.74) is 6.90. The molecule has 1 aliphatic rings. The maximum absolute atomic E-state index is 12.0. The minimum absolute atomic E-state index is 0.00267. The van der Waals surface area contributed by atoms with Gasteiger partial charge >= 0.3 is 0 Å². The predicted octanol–water partition coefficient (Wildman–Crippen LogP) is 2.16. The number of hydrogen-bond acceptors (Lipinski definition) is 2. The Labute approximate surface area is 120 Å². The lowest BCUT2D eigenvalue weighted by Crippen LogP contribution is -2.28. The first-order valence-corrected chi connectivity index (χ1v) is 7.26. The second kappa shape index (κ2) is 7.12. The summed E-state index contributed by atoms with van der Waals surface area (Å²) in [4.78, 5) is 12.0. The van der Waals surface area contributed by atoms with Gasteiger partial charge in [0.1, 0.15) is 0 Å². The van der Waals surface area contributed by atoms with Gasteiger partial charge in [-0.25, -0.2) is 0 Å². The number of amides is 1. The molecule has 1 amide bonds. The highest BCUT2D eigenvalue weighted by molar-refractivity contribution is 5.94. The molecule has 1 fully saturated rings. The van der Waals surface area contributed by atoms with Crippen molar-refractivity contribution in [3.8, 4) is 11.8 Å². The molecule has 3 N–H and O–H groups in total. The number of benzene rings is 1. The van der Waals surface area contributed by atoms with E-state index in [4.69, 9.17) is 5.73 Å². The molecule has 1 aromatic carbocycles. The molecule has 106 valence electrons. The summed E-state index contributed by atoms with van der Waals surface area (Å²) in [6.07, 6.45) is 3.75. The molecular formula is C17H22N2O. The zero-order valence-corrected chi connectivity index (χ0v) is 12.0. The lowest BCUT2D eigenvalue weighted by atomic mass is 10.1. The molecule has 0 aliphatic heterocycles. The monoisotopic (exact) mass is 270 g/mol. The van der Waals surface area contributed by atoms with Crippen LogP contribution in [0.1, 0.15) is 42.1 Å². The molecule has 0 saturated heterocycles. The Balaban J connectivity index is 1.86. The maximum Gasteiger partial charge on any atom is 0.251 e. The molecule has 2 unspecified atom stereocenters. The van der Waals surface area contributed by atoms with Gasteiger partial charge in [0.2, 0.25) is 0 Å². The van der Waals surface area contributed by atoms with Crippen LogP contribution in [-0.2, 0) is 0 Å². The van der Waals surface area contributed by atoms with Crippen LogP contribution in [0, 0.1) is 23.7 Å². The van der Waals surface area contributed by atoms with Crippen molar-refractivity contribution in [1.82, 2.24) is 5.32 Å². The van der Waals surface area contributed by atoms with E-state index in [-0.39, 0.29) is 5.91 Å². The van der Waals surface area contributed by atoms with E-state index in [1.165, 1.54) is 19.3 Å². The smallest absolute Gasteiger partial charge is 0.251 e. The van der Waals surface area contributed by atoms with Crippen LogP contribution in [-0.4, -0.2) is 19.0 Å². The minimum Gasteiger partial charge on any atom is -0.352 e. The van der Waals surface area contributed by atoms with E-state index >= 15 is 0 Å². The SMILES string of the molecule is CC1CCC(CNC(=O)c2ccc(C#CCN)cc2)C1. The Bertz CT molecular complexity index is 510. The van der Waals surface area contributed by atoms with Gasteiger partial charge in [-0.3, -0.25) is 4.79 Å². The van der Waals surface area contributed by atoms with Crippen LogP contribution < -0.4 is 11.1 Å². The topological polar surface area (TPSA) is 55.1 Å². The number of nitrogens with one attached hydrogen (secondary N) is 1. The maximum atomic E-state index is 12.0. The molecule has 1 aromatic rings. The van der Waals surface area contributed by atoms with E-state index in [0.717, 1.165) is 18.0 Å². The van der Waals surface area contributed by atoms with Gasteiger partial charge < -0.3 is 11.1 Å². The first-order valence-electron chi connectivity index (χ1n) is 7.26. The molecule has 2 rings (SSSR count). The number of carbonyl (C=O) groups is 1. The highest BCUT2D eigenvalue weighted by atomic mass is 16.1. The third-order valence-corrected chi connectivity index (χ3v) is 3.84. The second-order valence-electron chi connectivity index (χ2n) is 5.58. The second-order valence-corrected chi connectivity index (χ2v) is 5.58. The molecule has 0 bridgehead atoms. The van der Waals surface area contributed by atoms with E-state index in [9.17, 15) is 4.79 Å². The van der Waals surface area contributed by atoms with Gasteiger partial charge in [-0.1, -0.05) is 25.2 Å². The third-order valence-electron chi connectivity index (χ3n) is 3.84. The average Bonchev–Trinajstić information content (AvgIpc) is 2.89. The Morgan fingerprint density at radius 2 is 2.10 bits per heavy atom. The Morgan fingerprint density at radius 3 is 2.70 bits per heavy atom.